The fraction of sp³-hybridized carbons (Fsp3) is 0.571. The van der Waals surface area contributed by atoms with E-state index < -0.39 is 0 Å². The maximum Gasteiger partial charge on any atom is 0.0623 e. The second kappa shape index (κ2) is 5.90. The van der Waals surface area contributed by atoms with Crippen molar-refractivity contribution in [3.05, 3.63) is 29.8 Å². The van der Waals surface area contributed by atoms with E-state index in [-0.39, 0.29) is 5.60 Å². The lowest BCUT2D eigenvalue weighted by molar-refractivity contribution is -0.0208. The fourth-order valence-electron chi connectivity index (χ4n) is 1.41. The van der Waals surface area contributed by atoms with Gasteiger partial charge in [-0.05, 0) is 50.8 Å². The van der Waals surface area contributed by atoms with Crippen LogP contribution in [0.25, 0.3) is 0 Å². The molecule has 0 saturated carbocycles. The highest BCUT2D eigenvalue weighted by atomic mass is 16.5. The van der Waals surface area contributed by atoms with Gasteiger partial charge < -0.3 is 10.5 Å². The van der Waals surface area contributed by atoms with Crippen molar-refractivity contribution in [3.8, 4) is 0 Å². The molecule has 2 nitrogen and oxygen atoms in total. The van der Waals surface area contributed by atoms with E-state index in [0.717, 1.165) is 31.6 Å². The minimum Gasteiger partial charge on any atom is -0.399 e. The summed E-state index contributed by atoms with van der Waals surface area (Å²) in [6.45, 7) is 7.25. The van der Waals surface area contributed by atoms with Crippen molar-refractivity contribution in [2.24, 2.45) is 0 Å². The van der Waals surface area contributed by atoms with Gasteiger partial charge in [-0.3, -0.25) is 0 Å². The van der Waals surface area contributed by atoms with Crippen LogP contribution in [0.5, 0.6) is 0 Å². The summed E-state index contributed by atoms with van der Waals surface area (Å²) < 4.78 is 5.80. The number of aryl methyl sites for hydroxylation is 1. The van der Waals surface area contributed by atoms with Crippen LogP contribution in [0, 0.1) is 0 Å². The minimum atomic E-state index is 0.0150. The van der Waals surface area contributed by atoms with Gasteiger partial charge in [0.2, 0.25) is 0 Å². The summed E-state index contributed by atoms with van der Waals surface area (Å²) in [6, 6.07) is 8.07. The first-order valence-corrected chi connectivity index (χ1v) is 6.02. The van der Waals surface area contributed by atoms with Crippen molar-refractivity contribution in [2.75, 3.05) is 12.3 Å². The lowest BCUT2D eigenvalue weighted by Crippen LogP contribution is -2.23. The Kier molecular flexibility index (Phi) is 4.81. The number of rotatable bonds is 6. The third kappa shape index (κ3) is 4.67. The van der Waals surface area contributed by atoms with Gasteiger partial charge >= 0.3 is 0 Å². The third-order valence-corrected chi connectivity index (χ3v) is 2.93. The Balaban J connectivity index is 2.23. The first-order valence-electron chi connectivity index (χ1n) is 6.02. The lowest BCUT2D eigenvalue weighted by Gasteiger charge is -2.23. The first-order chi connectivity index (χ1) is 7.53. The zero-order chi connectivity index (χ0) is 12.0. The Bertz CT molecular complexity index is 303. The summed E-state index contributed by atoms with van der Waals surface area (Å²) in [5.74, 6) is 0. The molecule has 90 valence electrons. The van der Waals surface area contributed by atoms with Crippen molar-refractivity contribution in [1.29, 1.82) is 0 Å². The molecule has 0 aromatic heterocycles. The van der Waals surface area contributed by atoms with Crippen LogP contribution in [0.15, 0.2) is 24.3 Å². The molecule has 2 heteroatoms. The average molecular weight is 221 g/mol. The summed E-state index contributed by atoms with van der Waals surface area (Å²) in [5.41, 5.74) is 7.80. The molecular weight excluding hydrogens is 198 g/mol. The zero-order valence-electron chi connectivity index (χ0n) is 10.6. The molecule has 0 bridgehead atoms. The highest BCUT2D eigenvalue weighted by Gasteiger charge is 2.14. The summed E-state index contributed by atoms with van der Waals surface area (Å²) in [6.07, 6.45) is 3.17. The molecule has 0 radical (unpaired) electrons. The molecule has 0 spiro atoms. The van der Waals surface area contributed by atoms with Gasteiger partial charge in [0, 0.05) is 12.3 Å². The van der Waals surface area contributed by atoms with Crippen LogP contribution in [0.4, 0.5) is 5.69 Å². The van der Waals surface area contributed by atoms with Gasteiger partial charge in [0.25, 0.3) is 0 Å². The standard InChI is InChI=1S/C14H23NO/c1-4-14(2,3)16-11-5-6-12-7-9-13(15)10-8-12/h7-10H,4-6,11,15H2,1-3H3. The Labute approximate surface area is 98.8 Å². The molecule has 0 heterocycles. The van der Waals surface area contributed by atoms with Crippen LogP contribution < -0.4 is 5.73 Å². The lowest BCUT2D eigenvalue weighted by atomic mass is 10.1. The topological polar surface area (TPSA) is 35.2 Å². The van der Waals surface area contributed by atoms with Crippen molar-refractivity contribution in [2.45, 2.75) is 45.6 Å². The van der Waals surface area contributed by atoms with Crippen LogP contribution >= 0.6 is 0 Å². The Morgan fingerprint density at radius 2 is 1.81 bits per heavy atom. The number of nitrogens with two attached hydrogens (primary N) is 1. The molecule has 2 N–H and O–H groups in total. The molecule has 0 atom stereocenters. The summed E-state index contributed by atoms with van der Waals surface area (Å²) in [5, 5.41) is 0. The molecule has 0 unspecified atom stereocenters. The molecule has 0 aliphatic carbocycles. The normalized spacial score (nSPS) is 11.7. The largest absolute Gasteiger partial charge is 0.399 e. The van der Waals surface area contributed by atoms with E-state index in [1.807, 2.05) is 12.1 Å². The quantitative estimate of drug-likeness (QED) is 0.590. The smallest absolute Gasteiger partial charge is 0.0623 e. The van der Waals surface area contributed by atoms with E-state index in [4.69, 9.17) is 10.5 Å². The molecular formula is C14H23NO. The van der Waals surface area contributed by atoms with Gasteiger partial charge in [0.1, 0.15) is 0 Å². The minimum absolute atomic E-state index is 0.0150. The van der Waals surface area contributed by atoms with E-state index in [1.54, 1.807) is 0 Å². The monoisotopic (exact) mass is 221 g/mol. The number of anilines is 1. The van der Waals surface area contributed by atoms with Crippen molar-refractivity contribution in [1.82, 2.24) is 0 Å². The van der Waals surface area contributed by atoms with Gasteiger partial charge in [0.05, 0.1) is 5.60 Å². The van der Waals surface area contributed by atoms with E-state index in [0.29, 0.717) is 0 Å². The van der Waals surface area contributed by atoms with Crippen LogP contribution in [-0.4, -0.2) is 12.2 Å². The van der Waals surface area contributed by atoms with Crippen molar-refractivity contribution >= 4 is 5.69 Å². The van der Waals surface area contributed by atoms with Crippen LogP contribution in [0.2, 0.25) is 0 Å². The zero-order valence-corrected chi connectivity index (χ0v) is 10.6. The fourth-order valence-corrected chi connectivity index (χ4v) is 1.41. The first kappa shape index (κ1) is 13.0. The van der Waals surface area contributed by atoms with Gasteiger partial charge in [-0.2, -0.15) is 0 Å². The van der Waals surface area contributed by atoms with Crippen LogP contribution in [0.1, 0.15) is 39.2 Å². The van der Waals surface area contributed by atoms with Crippen LogP contribution in [-0.2, 0) is 11.2 Å². The SMILES string of the molecule is CCC(C)(C)OCCCc1ccc(N)cc1. The Hall–Kier alpha value is -1.02. The summed E-state index contributed by atoms with van der Waals surface area (Å²) >= 11 is 0. The number of ether oxygens (including phenoxy) is 1. The van der Waals surface area contributed by atoms with Crippen LogP contribution in [0.3, 0.4) is 0 Å². The molecule has 1 aromatic carbocycles. The highest BCUT2D eigenvalue weighted by Crippen LogP contribution is 2.14. The summed E-state index contributed by atoms with van der Waals surface area (Å²) in [7, 11) is 0. The van der Waals surface area contributed by atoms with E-state index in [1.165, 1.54) is 5.56 Å². The molecule has 0 fully saturated rings. The number of nitrogen functional groups attached to an aromatic ring is 1. The number of hydrogen-bond donors (Lipinski definition) is 1. The summed E-state index contributed by atoms with van der Waals surface area (Å²) in [4.78, 5) is 0. The van der Waals surface area contributed by atoms with Gasteiger partial charge in [-0.25, -0.2) is 0 Å². The third-order valence-electron chi connectivity index (χ3n) is 2.93. The highest BCUT2D eigenvalue weighted by molar-refractivity contribution is 5.39. The van der Waals surface area contributed by atoms with Gasteiger partial charge in [-0.15, -0.1) is 0 Å². The molecule has 1 aromatic rings. The number of hydrogen-bond acceptors (Lipinski definition) is 2. The molecule has 16 heavy (non-hydrogen) atoms. The van der Waals surface area contributed by atoms with E-state index in [9.17, 15) is 0 Å². The second-order valence-electron chi connectivity index (χ2n) is 4.81. The average Bonchev–Trinajstić information content (AvgIpc) is 2.27. The van der Waals surface area contributed by atoms with Gasteiger partial charge in [-0.1, -0.05) is 19.1 Å². The van der Waals surface area contributed by atoms with Gasteiger partial charge in [0.15, 0.2) is 0 Å². The molecule has 1 rings (SSSR count). The number of benzene rings is 1. The molecule has 0 aliphatic heterocycles. The predicted molar refractivity (Wildman–Crippen MR) is 69.5 cm³/mol. The maximum absolute atomic E-state index is 5.80. The van der Waals surface area contributed by atoms with Crippen molar-refractivity contribution in [3.63, 3.8) is 0 Å². The molecule has 0 aliphatic rings. The maximum atomic E-state index is 5.80. The predicted octanol–water partition coefficient (Wildman–Crippen LogP) is 3.41. The second-order valence-corrected chi connectivity index (χ2v) is 4.81. The Morgan fingerprint density at radius 3 is 2.38 bits per heavy atom. The molecule has 0 amide bonds. The van der Waals surface area contributed by atoms with Crippen molar-refractivity contribution < 1.29 is 4.74 Å². The van der Waals surface area contributed by atoms with E-state index >= 15 is 0 Å². The Morgan fingerprint density at radius 1 is 1.19 bits per heavy atom. The molecule has 0 saturated heterocycles. The van der Waals surface area contributed by atoms with E-state index in [2.05, 4.69) is 32.9 Å².